The van der Waals surface area contributed by atoms with Gasteiger partial charge in [-0.3, -0.25) is 0 Å². The number of rotatable bonds is 0. The zero-order valence-electron chi connectivity index (χ0n) is 8.33. The normalized spacial score (nSPS) is 46.3. The SMILES string of the molecule is C1=COC23OCCCC2(C1)CCCO3. The minimum atomic E-state index is -0.738. The fraction of sp³-hybridized carbons (Fsp3) is 0.818. The molecule has 0 aromatic carbocycles. The van der Waals surface area contributed by atoms with Crippen LogP contribution in [0.5, 0.6) is 0 Å². The molecule has 3 heterocycles. The van der Waals surface area contributed by atoms with Crippen LogP contribution in [0.4, 0.5) is 0 Å². The molecule has 0 aliphatic carbocycles. The third-order valence-corrected chi connectivity index (χ3v) is 3.66. The predicted molar refractivity (Wildman–Crippen MR) is 50.4 cm³/mol. The second-order valence-electron chi connectivity index (χ2n) is 4.43. The minimum Gasteiger partial charge on any atom is -0.447 e. The lowest BCUT2D eigenvalue weighted by Gasteiger charge is -2.54. The first-order chi connectivity index (χ1) is 6.87. The van der Waals surface area contributed by atoms with Crippen molar-refractivity contribution in [3.63, 3.8) is 0 Å². The molecular weight excluding hydrogens is 180 g/mol. The van der Waals surface area contributed by atoms with E-state index in [2.05, 4.69) is 6.08 Å². The van der Waals surface area contributed by atoms with Crippen LogP contribution in [-0.4, -0.2) is 19.2 Å². The smallest absolute Gasteiger partial charge is 0.332 e. The highest BCUT2D eigenvalue weighted by molar-refractivity contribution is 5.02. The van der Waals surface area contributed by atoms with Crippen LogP contribution < -0.4 is 0 Å². The molecule has 0 bridgehead atoms. The van der Waals surface area contributed by atoms with Gasteiger partial charge in [-0.05, 0) is 38.2 Å². The van der Waals surface area contributed by atoms with E-state index in [0.29, 0.717) is 0 Å². The Bertz CT molecular complexity index is 221. The molecule has 3 nitrogen and oxygen atoms in total. The van der Waals surface area contributed by atoms with Gasteiger partial charge in [-0.15, -0.1) is 0 Å². The van der Waals surface area contributed by atoms with Crippen molar-refractivity contribution in [3.8, 4) is 0 Å². The Morgan fingerprint density at radius 1 is 1.00 bits per heavy atom. The van der Waals surface area contributed by atoms with Crippen molar-refractivity contribution in [2.75, 3.05) is 13.2 Å². The molecule has 3 heteroatoms. The van der Waals surface area contributed by atoms with Crippen molar-refractivity contribution in [1.29, 1.82) is 0 Å². The average molecular weight is 196 g/mol. The maximum absolute atomic E-state index is 5.77. The lowest BCUT2D eigenvalue weighted by Crippen LogP contribution is -2.59. The van der Waals surface area contributed by atoms with E-state index in [9.17, 15) is 0 Å². The van der Waals surface area contributed by atoms with Crippen LogP contribution in [0, 0.1) is 5.41 Å². The summed E-state index contributed by atoms with van der Waals surface area (Å²) < 4.78 is 17.2. The second kappa shape index (κ2) is 2.97. The van der Waals surface area contributed by atoms with Gasteiger partial charge >= 0.3 is 5.97 Å². The van der Waals surface area contributed by atoms with Crippen molar-refractivity contribution in [2.45, 2.75) is 38.1 Å². The molecule has 0 saturated carbocycles. The van der Waals surface area contributed by atoms with Gasteiger partial charge in [-0.25, -0.2) is 0 Å². The highest BCUT2D eigenvalue weighted by atomic mass is 16.9. The van der Waals surface area contributed by atoms with Gasteiger partial charge in [-0.2, -0.15) is 0 Å². The number of hydrogen-bond donors (Lipinski definition) is 0. The zero-order valence-corrected chi connectivity index (χ0v) is 8.33. The fourth-order valence-corrected chi connectivity index (χ4v) is 2.95. The van der Waals surface area contributed by atoms with Crippen molar-refractivity contribution >= 4 is 0 Å². The summed E-state index contributed by atoms with van der Waals surface area (Å²) in [5.41, 5.74) is 0.0955. The Morgan fingerprint density at radius 3 is 2.36 bits per heavy atom. The lowest BCUT2D eigenvalue weighted by molar-refractivity contribution is -0.445. The van der Waals surface area contributed by atoms with Crippen LogP contribution in [0.15, 0.2) is 12.3 Å². The Hall–Kier alpha value is -0.540. The molecule has 78 valence electrons. The van der Waals surface area contributed by atoms with Gasteiger partial charge in [0.25, 0.3) is 0 Å². The molecule has 2 fully saturated rings. The number of hydrogen-bond acceptors (Lipinski definition) is 3. The maximum atomic E-state index is 5.77. The molecule has 3 aliphatic rings. The average Bonchev–Trinajstić information content (AvgIpc) is 2.27. The van der Waals surface area contributed by atoms with E-state index in [1.165, 1.54) is 0 Å². The van der Waals surface area contributed by atoms with E-state index in [-0.39, 0.29) is 5.41 Å². The first kappa shape index (κ1) is 8.74. The summed E-state index contributed by atoms with van der Waals surface area (Å²) in [6.45, 7) is 1.52. The topological polar surface area (TPSA) is 27.7 Å². The lowest BCUT2D eigenvalue weighted by atomic mass is 9.70. The minimum absolute atomic E-state index is 0.0955. The third kappa shape index (κ3) is 0.997. The molecule has 0 amide bonds. The molecule has 14 heavy (non-hydrogen) atoms. The third-order valence-electron chi connectivity index (χ3n) is 3.66. The highest BCUT2D eigenvalue weighted by Crippen LogP contribution is 2.54. The summed E-state index contributed by atoms with van der Waals surface area (Å²) in [4.78, 5) is 0. The van der Waals surface area contributed by atoms with Gasteiger partial charge in [0, 0.05) is 0 Å². The Labute approximate surface area is 84.0 Å². The summed E-state index contributed by atoms with van der Waals surface area (Å²) in [6.07, 6.45) is 9.45. The summed E-state index contributed by atoms with van der Waals surface area (Å²) in [5, 5.41) is 0. The van der Waals surface area contributed by atoms with Crippen LogP contribution in [0.2, 0.25) is 0 Å². The van der Waals surface area contributed by atoms with Crippen LogP contribution in [0.3, 0.4) is 0 Å². The molecule has 3 aliphatic heterocycles. The molecule has 0 radical (unpaired) electrons. The van der Waals surface area contributed by atoms with E-state index in [1.807, 2.05) is 0 Å². The molecule has 0 aromatic heterocycles. The van der Waals surface area contributed by atoms with Crippen LogP contribution >= 0.6 is 0 Å². The molecule has 0 aromatic rings. The van der Waals surface area contributed by atoms with Crippen LogP contribution in [0.25, 0.3) is 0 Å². The molecule has 3 rings (SSSR count). The first-order valence-electron chi connectivity index (χ1n) is 5.48. The highest BCUT2D eigenvalue weighted by Gasteiger charge is 2.59. The van der Waals surface area contributed by atoms with Gasteiger partial charge in [-0.1, -0.05) is 0 Å². The van der Waals surface area contributed by atoms with Gasteiger partial charge in [0.15, 0.2) is 0 Å². The standard InChI is InChI=1S/C11H16O3/c1-4-10-5-2-8-13-11(10,12-7-1)14-9-3-6-10/h1,7H,2-6,8-9H2. The van der Waals surface area contributed by atoms with Crippen LogP contribution in [-0.2, 0) is 14.2 Å². The van der Waals surface area contributed by atoms with Gasteiger partial charge < -0.3 is 14.2 Å². The van der Waals surface area contributed by atoms with E-state index in [0.717, 1.165) is 45.3 Å². The summed E-state index contributed by atoms with van der Waals surface area (Å²) >= 11 is 0. The fourth-order valence-electron chi connectivity index (χ4n) is 2.95. The monoisotopic (exact) mass is 196 g/mol. The first-order valence-corrected chi connectivity index (χ1v) is 5.48. The molecule has 2 saturated heterocycles. The number of allylic oxidation sites excluding steroid dienone is 1. The summed E-state index contributed by atoms with van der Waals surface area (Å²) in [7, 11) is 0. The quantitative estimate of drug-likeness (QED) is 0.594. The molecule has 0 atom stereocenters. The molecule has 0 spiro atoms. The van der Waals surface area contributed by atoms with Gasteiger partial charge in [0.05, 0.1) is 24.9 Å². The van der Waals surface area contributed by atoms with Crippen LogP contribution in [0.1, 0.15) is 32.1 Å². The molecular formula is C11H16O3. The largest absolute Gasteiger partial charge is 0.447 e. The molecule has 0 unspecified atom stereocenters. The van der Waals surface area contributed by atoms with Gasteiger partial charge in [0.1, 0.15) is 0 Å². The summed E-state index contributed by atoms with van der Waals surface area (Å²) in [5.74, 6) is -0.738. The summed E-state index contributed by atoms with van der Waals surface area (Å²) in [6, 6.07) is 0. The predicted octanol–water partition coefficient (Wildman–Crippen LogP) is 2.18. The van der Waals surface area contributed by atoms with Crippen molar-refractivity contribution in [3.05, 3.63) is 12.3 Å². The van der Waals surface area contributed by atoms with E-state index in [4.69, 9.17) is 14.2 Å². The van der Waals surface area contributed by atoms with Crippen molar-refractivity contribution < 1.29 is 14.2 Å². The van der Waals surface area contributed by atoms with E-state index < -0.39 is 5.97 Å². The Kier molecular flexibility index (Phi) is 1.86. The van der Waals surface area contributed by atoms with Crippen molar-refractivity contribution in [1.82, 2.24) is 0 Å². The van der Waals surface area contributed by atoms with Crippen molar-refractivity contribution in [2.24, 2.45) is 5.41 Å². The van der Waals surface area contributed by atoms with Gasteiger partial charge in [0.2, 0.25) is 0 Å². The van der Waals surface area contributed by atoms with E-state index in [1.54, 1.807) is 6.26 Å². The van der Waals surface area contributed by atoms with E-state index >= 15 is 0 Å². The molecule has 0 N–H and O–H groups in total. The second-order valence-corrected chi connectivity index (χ2v) is 4.43. The number of ether oxygens (including phenoxy) is 3. The maximum Gasteiger partial charge on any atom is 0.332 e. The Morgan fingerprint density at radius 2 is 1.71 bits per heavy atom. The zero-order chi connectivity index (χ0) is 9.49. The Balaban J connectivity index is 1.99.